The largest absolute Gasteiger partial charge is 0.365 e. The minimum absolute atomic E-state index is 0.0157. The van der Waals surface area contributed by atoms with E-state index in [1.807, 2.05) is 0 Å². The first-order valence-electron chi connectivity index (χ1n) is 8.36. The summed E-state index contributed by atoms with van der Waals surface area (Å²) in [6, 6.07) is 7.63. The van der Waals surface area contributed by atoms with Crippen molar-refractivity contribution in [1.29, 1.82) is 0 Å². The summed E-state index contributed by atoms with van der Waals surface area (Å²) < 4.78 is 1.67. The van der Waals surface area contributed by atoms with E-state index in [0.717, 1.165) is 11.3 Å². The first kappa shape index (κ1) is 18.4. The predicted molar refractivity (Wildman–Crippen MR) is 106 cm³/mol. The summed E-state index contributed by atoms with van der Waals surface area (Å²) in [5, 5.41) is 25.7. The standard InChI is InChI=1S/C17H13N7O4S/c1-10-18-5-6-22(10)17-20-15(13-8-14(24(27)28)29-16(13)21-17)19-9-11-3-2-4-12(7-11)23(25)26/h2-8H,9H2,1H3,(H,19,20,21). The number of anilines is 1. The van der Waals surface area contributed by atoms with Crippen molar-refractivity contribution in [2.75, 3.05) is 5.32 Å². The van der Waals surface area contributed by atoms with Crippen LogP contribution in [0.1, 0.15) is 11.4 Å². The molecular formula is C17H13N7O4S. The Morgan fingerprint density at radius 1 is 1.17 bits per heavy atom. The molecule has 0 atom stereocenters. The quantitative estimate of drug-likeness (QED) is 0.374. The Morgan fingerprint density at radius 3 is 2.69 bits per heavy atom. The number of nitro groups is 2. The van der Waals surface area contributed by atoms with Gasteiger partial charge in [0, 0.05) is 37.1 Å². The van der Waals surface area contributed by atoms with E-state index in [2.05, 4.69) is 20.3 Å². The summed E-state index contributed by atoms with van der Waals surface area (Å²) >= 11 is 0.952. The third-order valence-electron chi connectivity index (χ3n) is 4.17. The Labute approximate surface area is 167 Å². The normalized spacial score (nSPS) is 10.9. The summed E-state index contributed by atoms with van der Waals surface area (Å²) in [6.45, 7) is 2.04. The molecule has 12 heteroatoms. The monoisotopic (exact) mass is 411 g/mol. The third kappa shape index (κ3) is 3.60. The number of hydrogen-bond acceptors (Lipinski definition) is 9. The highest BCUT2D eigenvalue weighted by molar-refractivity contribution is 7.21. The molecule has 0 spiro atoms. The summed E-state index contributed by atoms with van der Waals surface area (Å²) in [4.78, 5) is 34.8. The molecule has 0 unspecified atom stereocenters. The van der Waals surface area contributed by atoms with E-state index >= 15 is 0 Å². The average molecular weight is 411 g/mol. The number of non-ortho nitro benzene ring substituents is 1. The van der Waals surface area contributed by atoms with Crippen LogP contribution in [0.5, 0.6) is 0 Å². The van der Waals surface area contributed by atoms with Crippen LogP contribution in [0.25, 0.3) is 16.2 Å². The number of benzene rings is 1. The Morgan fingerprint density at radius 2 is 2.00 bits per heavy atom. The van der Waals surface area contributed by atoms with E-state index in [4.69, 9.17) is 0 Å². The molecule has 0 bridgehead atoms. The van der Waals surface area contributed by atoms with Crippen LogP contribution in [0.15, 0.2) is 42.7 Å². The Balaban J connectivity index is 1.75. The lowest BCUT2D eigenvalue weighted by atomic mass is 10.2. The summed E-state index contributed by atoms with van der Waals surface area (Å²) in [7, 11) is 0. The van der Waals surface area contributed by atoms with Crippen molar-refractivity contribution >= 4 is 38.1 Å². The molecule has 0 saturated carbocycles. The number of aryl methyl sites for hydroxylation is 1. The molecule has 0 fully saturated rings. The van der Waals surface area contributed by atoms with Crippen LogP contribution in [-0.2, 0) is 6.54 Å². The summed E-state index contributed by atoms with van der Waals surface area (Å²) in [5.74, 6) is 1.39. The Hall–Kier alpha value is -3.93. The van der Waals surface area contributed by atoms with Crippen molar-refractivity contribution in [3.63, 3.8) is 0 Å². The third-order valence-corrected chi connectivity index (χ3v) is 5.15. The second-order valence-corrected chi connectivity index (χ2v) is 7.07. The average Bonchev–Trinajstić information content (AvgIpc) is 3.32. The molecule has 146 valence electrons. The van der Waals surface area contributed by atoms with Gasteiger partial charge in [-0.15, -0.1) is 0 Å². The van der Waals surface area contributed by atoms with Crippen LogP contribution in [0.4, 0.5) is 16.5 Å². The van der Waals surface area contributed by atoms with E-state index in [9.17, 15) is 20.2 Å². The zero-order valence-electron chi connectivity index (χ0n) is 15.0. The van der Waals surface area contributed by atoms with Crippen molar-refractivity contribution < 1.29 is 9.85 Å². The molecule has 0 aliphatic heterocycles. The van der Waals surface area contributed by atoms with E-state index in [0.29, 0.717) is 33.4 Å². The smallest absolute Gasteiger partial charge is 0.326 e. The highest BCUT2D eigenvalue weighted by Crippen LogP contribution is 2.34. The van der Waals surface area contributed by atoms with Gasteiger partial charge in [0.05, 0.1) is 15.2 Å². The number of rotatable bonds is 6. The van der Waals surface area contributed by atoms with Gasteiger partial charge in [-0.05, 0) is 23.8 Å². The highest BCUT2D eigenvalue weighted by Gasteiger charge is 2.19. The van der Waals surface area contributed by atoms with Gasteiger partial charge in [-0.1, -0.05) is 12.1 Å². The second kappa shape index (κ2) is 7.24. The summed E-state index contributed by atoms with van der Waals surface area (Å²) in [6.07, 6.45) is 3.30. The Kier molecular flexibility index (Phi) is 4.60. The molecule has 0 aliphatic rings. The van der Waals surface area contributed by atoms with Crippen molar-refractivity contribution in [3.8, 4) is 5.95 Å². The van der Waals surface area contributed by atoms with Gasteiger partial charge in [-0.2, -0.15) is 4.98 Å². The number of nitrogens with zero attached hydrogens (tertiary/aromatic N) is 6. The minimum atomic E-state index is -0.473. The topological polar surface area (TPSA) is 142 Å². The molecule has 0 saturated heterocycles. The summed E-state index contributed by atoms with van der Waals surface area (Å²) in [5.41, 5.74) is 0.661. The van der Waals surface area contributed by atoms with Crippen LogP contribution in [0.2, 0.25) is 0 Å². The number of imidazole rings is 1. The van der Waals surface area contributed by atoms with Gasteiger partial charge in [0.15, 0.2) is 0 Å². The molecule has 0 radical (unpaired) electrons. The number of fused-ring (bicyclic) bond motifs is 1. The van der Waals surface area contributed by atoms with Crippen LogP contribution in [0, 0.1) is 27.2 Å². The molecule has 29 heavy (non-hydrogen) atoms. The maximum Gasteiger partial charge on any atom is 0.326 e. The van der Waals surface area contributed by atoms with E-state index < -0.39 is 9.85 Å². The number of nitro benzene ring substituents is 1. The highest BCUT2D eigenvalue weighted by atomic mass is 32.1. The SMILES string of the molecule is Cc1nccn1-c1nc(NCc2cccc([N+](=O)[O-])c2)c2cc([N+](=O)[O-])sc2n1. The molecule has 1 N–H and O–H groups in total. The van der Waals surface area contributed by atoms with Crippen LogP contribution in [-0.4, -0.2) is 29.4 Å². The van der Waals surface area contributed by atoms with Gasteiger partial charge in [0.2, 0.25) is 5.95 Å². The van der Waals surface area contributed by atoms with Gasteiger partial charge in [0.25, 0.3) is 5.69 Å². The lowest BCUT2D eigenvalue weighted by Crippen LogP contribution is -2.07. The van der Waals surface area contributed by atoms with Crippen LogP contribution < -0.4 is 5.32 Å². The second-order valence-electron chi connectivity index (χ2n) is 6.06. The molecule has 0 aliphatic carbocycles. The molecular weight excluding hydrogens is 398 g/mol. The molecule has 4 aromatic rings. The molecule has 3 aromatic heterocycles. The van der Waals surface area contributed by atoms with E-state index in [1.54, 1.807) is 36.0 Å². The van der Waals surface area contributed by atoms with Crippen LogP contribution >= 0.6 is 11.3 Å². The van der Waals surface area contributed by atoms with Crippen molar-refractivity contribution in [1.82, 2.24) is 19.5 Å². The van der Waals surface area contributed by atoms with E-state index in [-0.39, 0.29) is 17.2 Å². The number of nitrogens with one attached hydrogen (secondary N) is 1. The fourth-order valence-corrected chi connectivity index (χ4v) is 3.63. The first-order chi connectivity index (χ1) is 13.9. The van der Waals surface area contributed by atoms with Crippen LogP contribution in [0.3, 0.4) is 0 Å². The van der Waals surface area contributed by atoms with Gasteiger partial charge < -0.3 is 5.32 Å². The van der Waals surface area contributed by atoms with Crippen molar-refractivity contribution in [3.05, 3.63) is 74.3 Å². The maximum atomic E-state index is 11.2. The van der Waals surface area contributed by atoms with Crippen molar-refractivity contribution in [2.45, 2.75) is 13.5 Å². The molecule has 1 aromatic carbocycles. The minimum Gasteiger partial charge on any atom is -0.365 e. The first-order valence-corrected chi connectivity index (χ1v) is 9.17. The van der Waals surface area contributed by atoms with Crippen molar-refractivity contribution in [2.24, 2.45) is 0 Å². The van der Waals surface area contributed by atoms with Gasteiger partial charge in [-0.3, -0.25) is 24.8 Å². The zero-order valence-corrected chi connectivity index (χ0v) is 15.8. The fourth-order valence-electron chi connectivity index (χ4n) is 2.79. The Bertz CT molecular complexity index is 1250. The number of hydrogen-bond donors (Lipinski definition) is 1. The number of thiophene rings is 1. The zero-order chi connectivity index (χ0) is 20.5. The van der Waals surface area contributed by atoms with Gasteiger partial charge in [-0.25, -0.2) is 9.97 Å². The predicted octanol–water partition coefficient (Wildman–Crippen LogP) is 3.61. The molecule has 4 rings (SSSR count). The number of aromatic nitrogens is 4. The van der Waals surface area contributed by atoms with E-state index in [1.165, 1.54) is 18.2 Å². The molecule has 0 amide bonds. The van der Waals surface area contributed by atoms with Gasteiger partial charge >= 0.3 is 5.00 Å². The molecule has 11 nitrogen and oxygen atoms in total. The molecule has 3 heterocycles. The lowest BCUT2D eigenvalue weighted by molar-refractivity contribution is -0.384. The maximum absolute atomic E-state index is 11.2. The van der Waals surface area contributed by atoms with Gasteiger partial charge in [0.1, 0.15) is 16.5 Å². The lowest BCUT2D eigenvalue weighted by Gasteiger charge is -2.10. The fraction of sp³-hybridized carbons (Fsp3) is 0.118.